The van der Waals surface area contributed by atoms with Crippen LogP contribution in [0.15, 0.2) is 188 Å². The number of aromatic carboxylic acids is 4. The van der Waals surface area contributed by atoms with E-state index in [-0.39, 0.29) is 33.5 Å². The molecule has 688 valence electrons. The van der Waals surface area contributed by atoms with Crippen molar-refractivity contribution in [3.8, 4) is 68.8 Å². The highest BCUT2D eigenvalue weighted by Gasteiger charge is 2.51. The molecule has 0 atom stereocenters. The fourth-order valence-corrected chi connectivity index (χ4v) is 20.5. The van der Waals surface area contributed by atoms with Gasteiger partial charge in [0.15, 0.2) is 23.0 Å². The average Bonchev–Trinajstić information content (AvgIpc) is 1.41. The predicted octanol–water partition coefficient (Wildman–Crippen LogP) is 24.4. The zero-order chi connectivity index (χ0) is 93.6. The first-order valence-corrected chi connectivity index (χ1v) is 46.2. The summed E-state index contributed by atoms with van der Waals surface area (Å²) in [5.74, 6) is 1.91. The van der Waals surface area contributed by atoms with E-state index in [2.05, 4.69) is 0 Å². The molecule has 8 aromatic heterocycles. The minimum absolute atomic E-state index is 0.0937. The molecule has 16 aromatic rings. The molecule has 24 heteroatoms. The van der Waals surface area contributed by atoms with Crippen LogP contribution in [0.5, 0.6) is 23.0 Å². The summed E-state index contributed by atoms with van der Waals surface area (Å²) in [7, 11) is 0. The molecule has 6 N–H and O–H groups in total. The molecule has 2 aliphatic heterocycles. The van der Waals surface area contributed by atoms with Gasteiger partial charge >= 0.3 is 23.9 Å². The van der Waals surface area contributed by atoms with E-state index >= 15 is 0 Å². The molecule has 134 heavy (non-hydrogen) atoms. The van der Waals surface area contributed by atoms with Crippen LogP contribution in [0.2, 0.25) is 0 Å². The maximum absolute atomic E-state index is 12.4. The van der Waals surface area contributed by atoms with E-state index in [1.165, 1.54) is 0 Å². The van der Waals surface area contributed by atoms with E-state index in [0.717, 1.165) is 191 Å². The third-order valence-electron chi connectivity index (χ3n) is 28.6. The van der Waals surface area contributed by atoms with Crippen LogP contribution in [0.3, 0.4) is 0 Å². The molecule has 4 aliphatic carbocycles. The SMILES string of the molecule is Cc1c(-c2cc(C(=O)O)c3c(OCC4CC5(CCO5)C4)ccc(C)c3n2)oc2ccccc12.Cc1c(-c2cc(C(=O)O)c3c(OCC4CC5(CCO5)C4)ccc(C)c3n2)oc2ccccc12.Cc1c(-c2cc(C(=O)O)c3c(OCC4CCC(C)(O)CC4)ccc(C)c3n2)oc2ccccc12.Cc1c(-c2cc(C(=O)O)c3c(OCC4CCC(C)(O)CC4)ccc(C)c3n2)oc2ccccc12. The van der Waals surface area contributed by atoms with Crippen LogP contribution in [0, 0.1) is 79.1 Å². The quantitative estimate of drug-likeness (QED) is 0.0413. The number of carboxylic acid groups (broad SMARTS) is 4. The molecule has 22 rings (SSSR count). The molecule has 0 unspecified atom stereocenters. The molecular formula is C110H108N4O20. The number of aliphatic hydroxyl groups is 2. The number of hydrogen-bond donors (Lipinski definition) is 6. The normalized spacial score (nSPS) is 21.2. The number of carbonyl (C=O) groups is 4. The second kappa shape index (κ2) is 35.8. The van der Waals surface area contributed by atoms with Gasteiger partial charge in [-0.15, -0.1) is 0 Å². The van der Waals surface area contributed by atoms with Crippen molar-refractivity contribution in [3.05, 3.63) is 237 Å². The van der Waals surface area contributed by atoms with Gasteiger partial charge in [-0.3, -0.25) is 0 Å². The van der Waals surface area contributed by atoms with Crippen molar-refractivity contribution in [3.63, 3.8) is 0 Å². The number of aryl methyl sites for hydroxylation is 8. The molecule has 0 amide bonds. The van der Waals surface area contributed by atoms with Crippen molar-refractivity contribution < 1.29 is 95.9 Å². The number of carboxylic acids is 4. The van der Waals surface area contributed by atoms with Crippen molar-refractivity contribution in [2.24, 2.45) is 23.7 Å². The fraction of sp³-hybridized carbons (Fsp3) is 0.345. The van der Waals surface area contributed by atoms with Crippen LogP contribution in [0.4, 0.5) is 0 Å². The van der Waals surface area contributed by atoms with E-state index in [4.69, 9.17) is 66.0 Å². The smallest absolute Gasteiger partial charge is 0.336 e. The summed E-state index contributed by atoms with van der Waals surface area (Å²) in [6, 6.07) is 52.5. The molecule has 4 saturated carbocycles. The number of pyridine rings is 4. The van der Waals surface area contributed by atoms with Crippen molar-refractivity contribution >= 4 is 111 Å². The number of nitrogens with zero attached hydrogens (tertiary/aromatic N) is 4. The average molecular weight is 1810 g/mol. The van der Waals surface area contributed by atoms with Crippen LogP contribution in [0.1, 0.15) is 190 Å². The van der Waals surface area contributed by atoms with Gasteiger partial charge in [0.05, 0.1) is 128 Å². The van der Waals surface area contributed by atoms with Crippen LogP contribution >= 0.6 is 0 Å². The van der Waals surface area contributed by atoms with Crippen LogP contribution < -0.4 is 18.9 Å². The summed E-state index contributed by atoms with van der Waals surface area (Å²) in [5, 5.41) is 66.9. The molecule has 6 fully saturated rings. The molecule has 0 bridgehead atoms. The molecule has 2 spiro atoms. The van der Waals surface area contributed by atoms with E-state index in [1.807, 2.05) is 215 Å². The van der Waals surface area contributed by atoms with Gasteiger partial charge in [-0.2, -0.15) is 0 Å². The van der Waals surface area contributed by atoms with E-state index in [9.17, 15) is 49.8 Å². The predicted molar refractivity (Wildman–Crippen MR) is 513 cm³/mol. The van der Waals surface area contributed by atoms with Crippen LogP contribution in [-0.4, -0.2) is 136 Å². The molecule has 0 radical (unpaired) electrons. The van der Waals surface area contributed by atoms with Gasteiger partial charge in [0.1, 0.15) is 68.1 Å². The zero-order valence-corrected chi connectivity index (χ0v) is 76.8. The lowest BCUT2D eigenvalue weighted by molar-refractivity contribution is -0.216. The van der Waals surface area contributed by atoms with Crippen LogP contribution in [0.25, 0.3) is 133 Å². The minimum atomic E-state index is -1.04. The second-order valence-corrected chi connectivity index (χ2v) is 38.3. The fourth-order valence-electron chi connectivity index (χ4n) is 20.5. The Hall–Kier alpha value is -13.5. The Bertz CT molecular complexity index is 6890. The largest absolute Gasteiger partial charge is 0.493 e. The highest BCUT2D eigenvalue weighted by molar-refractivity contribution is 6.11. The maximum atomic E-state index is 12.4. The van der Waals surface area contributed by atoms with E-state index < -0.39 is 35.1 Å². The zero-order valence-electron chi connectivity index (χ0n) is 76.8. The van der Waals surface area contributed by atoms with Gasteiger partial charge in [0.2, 0.25) is 0 Å². The number of para-hydroxylation sites is 4. The summed E-state index contributed by atoms with van der Waals surface area (Å²) in [4.78, 5) is 68.8. The van der Waals surface area contributed by atoms with Crippen molar-refractivity contribution in [2.75, 3.05) is 39.6 Å². The van der Waals surface area contributed by atoms with Crippen molar-refractivity contribution in [1.82, 2.24) is 19.9 Å². The number of hydrogen-bond acceptors (Lipinski definition) is 20. The Kier molecular flexibility index (Phi) is 24.0. The van der Waals surface area contributed by atoms with Gasteiger partial charge in [0.25, 0.3) is 0 Å². The lowest BCUT2D eigenvalue weighted by Crippen LogP contribution is -2.55. The summed E-state index contributed by atoms with van der Waals surface area (Å²) >= 11 is 0. The Morgan fingerprint density at radius 3 is 0.761 bits per heavy atom. The Balaban J connectivity index is 0.000000115. The third-order valence-corrected chi connectivity index (χ3v) is 28.6. The minimum Gasteiger partial charge on any atom is -0.493 e. The molecule has 24 nitrogen and oxygen atoms in total. The maximum Gasteiger partial charge on any atom is 0.336 e. The molecule has 2 saturated heterocycles. The lowest BCUT2D eigenvalue weighted by atomic mass is 9.67. The van der Waals surface area contributed by atoms with E-state index in [0.29, 0.717) is 163 Å². The Morgan fingerprint density at radius 1 is 0.328 bits per heavy atom. The summed E-state index contributed by atoms with van der Waals surface area (Å²) < 4.78 is 60.4. The van der Waals surface area contributed by atoms with Crippen molar-refractivity contribution in [1.29, 1.82) is 0 Å². The van der Waals surface area contributed by atoms with E-state index in [1.54, 1.807) is 24.3 Å². The van der Waals surface area contributed by atoms with Crippen LogP contribution in [-0.2, 0) is 9.47 Å². The number of rotatable bonds is 20. The molecule has 10 heterocycles. The standard InChI is InChI=1S/2C28H29NO5.2C27H25NO5/c2*1-16-8-9-23(33-15-18-10-12-28(3,32)13-11-18)24-20(27(30)31)14-21(29-25(16)24)26-17(2)19-6-4-5-7-22(19)34-26;2*1-15-7-8-22(31-14-17-12-27(13-17)9-10-32-27)23-19(26(29)30)11-20(28-24(15)23)25-16(2)18-5-3-4-6-21(18)33-25/h2*4-9,14,18,32H,10-13,15H2,1-3H3,(H,30,31);2*3-8,11,17H,9-10,12-14H2,1-2H3,(H,29,30). The second-order valence-electron chi connectivity index (χ2n) is 38.3. The Morgan fingerprint density at radius 2 is 0.552 bits per heavy atom. The first-order chi connectivity index (χ1) is 64.3. The first kappa shape index (κ1) is 89.7. The topological polar surface area (TPSA) is 349 Å². The molecular weight excluding hydrogens is 1700 g/mol. The van der Waals surface area contributed by atoms with Gasteiger partial charge < -0.3 is 76.7 Å². The number of benzene rings is 8. The van der Waals surface area contributed by atoms with Gasteiger partial charge in [-0.1, -0.05) is 97.1 Å². The number of furan rings is 4. The van der Waals surface area contributed by atoms with Crippen molar-refractivity contribution in [2.45, 2.75) is 182 Å². The summed E-state index contributed by atoms with van der Waals surface area (Å²) in [6.07, 6.45) is 12.8. The lowest BCUT2D eigenvalue weighted by Gasteiger charge is -2.53. The highest BCUT2D eigenvalue weighted by Crippen LogP contribution is 2.52. The van der Waals surface area contributed by atoms with Gasteiger partial charge in [-0.25, -0.2) is 39.1 Å². The third kappa shape index (κ3) is 17.4. The summed E-state index contributed by atoms with van der Waals surface area (Å²) in [5.41, 5.74) is 14.3. The van der Waals surface area contributed by atoms with Gasteiger partial charge in [0, 0.05) is 43.8 Å². The summed E-state index contributed by atoms with van der Waals surface area (Å²) in [6.45, 7) is 23.1. The molecule has 6 aliphatic rings. The molecule has 8 aromatic carbocycles. The first-order valence-electron chi connectivity index (χ1n) is 46.2. The Labute approximate surface area is 773 Å². The number of ether oxygens (including phenoxy) is 6. The monoisotopic (exact) mass is 1800 g/mol. The number of fused-ring (bicyclic) bond motifs is 8. The van der Waals surface area contributed by atoms with Gasteiger partial charge in [-0.05, 0) is 278 Å². The number of aromatic nitrogens is 4. The highest BCUT2D eigenvalue weighted by atomic mass is 16.5.